The van der Waals surface area contributed by atoms with E-state index in [0.717, 1.165) is 36.3 Å². The van der Waals surface area contributed by atoms with Crippen molar-refractivity contribution in [2.75, 3.05) is 5.32 Å². The number of nitrogens with zero attached hydrogens (tertiary/aromatic N) is 1. The van der Waals surface area contributed by atoms with E-state index in [2.05, 4.69) is 57.3 Å². The Labute approximate surface area is 208 Å². The number of fused-ring (bicyclic) bond motifs is 1. The zero-order valence-electron chi connectivity index (χ0n) is 21.2. The summed E-state index contributed by atoms with van der Waals surface area (Å²) in [5.74, 6) is -0.374. The number of amides is 2. The molecule has 1 unspecified atom stereocenters. The molecule has 2 amide bonds. The zero-order valence-corrected chi connectivity index (χ0v) is 22.0. The van der Waals surface area contributed by atoms with Crippen molar-refractivity contribution in [1.29, 1.82) is 0 Å². The number of thioether (sulfide) groups is 1. The molecule has 1 aliphatic carbocycles. The van der Waals surface area contributed by atoms with Crippen LogP contribution in [-0.2, 0) is 17.6 Å². The van der Waals surface area contributed by atoms with Crippen molar-refractivity contribution in [2.24, 2.45) is 0 Å². The summed E-state index contributed by atoms with van der Waals surface area (Å²) in [7, 11) is 0. The molecule has 184 valence electrons. The molecule has 1 aliphatic rings. The Kier molecular flexibility index (Phi) is 8.34. The van der Waals surface area contributed by atoms with Crippen LogP contribution in [0.4, 0.5) is 10.5 Å². The van der Waals surface area contributed by atoms with Crippen molar-refractivity contribution >= 4 is 29.4 Å². The number of carboxylic acids is 1. The van der Waals surface area contributed by atoms with Gasteiger partial charge in [-0.3, -0.25) is 4.79 Å². The first-order valence-electron chi connectivity index (χ1n) is 12.3. The SMILES string of the molecule is CCC(CC)N(C(=O)Nc1ccc(C(C)C)cc1)C1Cc2ccc(SC(C)(C)C(=O)O)cc2C1. The number of rotatable bonds is 9. The van der Waals surface area contributed by atoms with Crippen molar-refractivity contribution in [3.8, 4) is 0 Å². The van der Waals surface area contributed by atoms with Gasteiger partial charge in [0, 0.05) is 22.7 Å². The van der Waals surface area contributed by atoms with E-state index in [0.29, 0.717) is 5.92 Å². The summed E-state index contributed by atoms with van der Waals surface area (Å²) in [5.41, 5.74) is 4.52. The van der Waals surface area contributed by atoms with Crippen molar-refractivity contribution in [3.05, 3.63) is 59.2 Å². The van der Waals surface area contributed by atoms with Crippen LogP contribution in [0.25, 0.3) is 0 Å². The molecule has 0 saturated heterocycles. The first-order chi connectivity index (χ1) is 16.1. The minimum absolute atomic E-state index is 0.0505. The highest BCUT2D eigenvalue weighted by molar-refractivity contribution is 8.01. The van der Waals surface area contributed by atoms with Gasteiger partial charge in [0.25, 0.3) is 0 Å². The van der Waals surface area contributed by atoms with E-state index in [9.17, 15) is 14.7 Å². The number of carbonyl (C=O) groups excluding carboxylic acids is 1. The molecular formula is C28H38N2O3S. The number of carboxylic acid groups (broad SMARTS) is 1. The van der Waals surface area contributed by atoms with Crippen LogP contribution in [0.15, 0.2) is 47.4 Å². The van der Waals surface area contributed by atoms with Crippen LogP contribution in [0.2, 0.25) is 0 Å². The molecule has 0 aliphatic heterocycles. The highest BCUT2D eigenvalue weighted by Gasteiger charge is 2.34. The third kappa shape index (κ3) is 5.96. The maximum atomic E-state index is 13.5. The van der Waals surface area contributed by atoms with E-state index in [1.54, 1.807) is 13.8 Å². The number of anilines is 1. The Morgan fingerprint density at radius 2 is 1.68 bits per heavy atom. The minimum atomic E-state index is -0.890. The molecule has 6 heteroatoms. The average Bonchev–Trinajstić information content (AvgIpc) is 3.19. The molecular weight excluding hydrogens is 444 g/mol. The first kappa shape index (κ1) is 26.1. The Balaban J connectivity index is 1.79. The number of hydrogen-bond donors (Lipinski definition) is 2. The molecule has 0 aromatic heterocycles. The second kappa shape index (κ2) is 10.9. The van der Waals surface area contributed by atoms with E-state index >= 15 is 0 Å². The molecule has 0 saturated carbocycles. The summed E-state index contributed by atoms with van der Waals surface area (Å²) in [6.45, 7) is 12.0. The maximum absolute atomic E-state index is 13.5. The fourth-order valence-corrected chi connectivity index (χ4v) is 5.63. The van der Waals surface area contributed by atoms with Gasteiger partial charge in [-0.15, -0.1) is 11.8 Å². The molecule has 2 aromatic carbocycles. The van der Waals surface area contributed by atoms with Crippen molar-refractivity contribution < 1.29 is 14.7 Å². The number of carbonyl (C=O) groups is 2. The molecule has 34 heavy (non-hydrogen) atoms. The van der Waals surface area contributed by atoms with Crippen LogP contribution in [-0.4, -0.2) is 38.8 Å². The zero-order chi connectivity index (χ0) is 25.0. The van der Waals surface area contributed by atoms with Gasteiger partial charge < -0.3 is 15.3 Å². The summed E-state index contributed by atoms with van der Waals surface area (Å²) in [6, 6.07) is 14.5. The van der Waals surface area contributed by atoms with Crippen LogP contribution < -0.4 is 5.32 Å². The van der Waals surface area contributed by atoms with Crippen LogP contribution in [0, 0.1) is 0 Å². The van der Waals surface area contributed by atoms with Gasteiger partial charge in [0.15, 0.2) is 0 Å². The van der Waals surface area contributed by atoms with E-state index in [1.165, 1.54) is 28.5 Å². The Bertz CT molecular complexity index is 1010. The second-order valence-corrected chi connectivity index (χ2v) is 11.7. The molecule has 2 N–H and O–H groups in total. The summed E-state index contributed by atoms with van der Waals surface area (Å²) in [4.78, 5) is 28.1. The van der Waals surface area contributed by atoms with Crippen LogP contribution >= 0.6 is 11.8 Å². The van der Waals surface area contributed by atoms with Gasteiger partial charge in [0.1, 0.15) is 4.75 Å². The lowest BCUT2D eigenvalue weighted by molar-refractivity contribution is -0.138. The van der Waals surface area contributed by atoms with Gasteiger partial charge in [0.2, 0.25) is 0 Å². The van der Waals surface area contributed by atoms with Gasteiger partial charge in [-0.1, -0.05) is 45.9 Å². The number of aliphatic carboxylic acids is 1. The van der Waals surface area contributed by atoms with E-state index in [1.807, 2.05) is 23.1 Å². The van der Waals surface area contributed by atoms with Gasteiger partial charge in [0.05, 0.1) is 0 Å². The molecule has 2 aromatic rings. The van der Waals surface area contributed by atoms with Crippen molar-refractivity contribution in [2.45, 2.75) is 94.9 Å². The number of benzene rings is 2. The predicted molar refractivity (Wildman–Crippen MR) is 141 cm³/mol. The minimum Gasteiger partial charge on any atom is -0.480 e. The lowest BCUT2D eigenvalue weighted by atomic mass is 10.0. The van der Waals surface area contributed by atoms with Gasteiger partial charge >= 0.3 is 12.0 Å². The summed E-state index contributed by atoms with van der Waals surface area (Å²) in [5, 5.41) is 12.6. The fourth-order valence-electron chi connectivity index (χ4n) is 4.62. The van der Waals surface area contributed by atoms with E-state index < -0.39 is 10.7 Å². The van der Waals surface area contributed by atoms with Crippen LogP contribution in [0.1, 0.15) is 77.0 Å². The molecule has 5 nitrogen and oxygen atoms in total. The number of nitrogens with one attached hydrogen (secondary N) is 1. The highest BCUT2D eigenvalue weighted by atomic mass is 32.2. The average molecular weight is 483 g/mol. The van der Waals surface area contributed by atoms with Crippen LogP contribution in [0.5, 0.6) is 0 Å². The second-order valence-electron chi connectivity index (χ2n) is 9.99. The summed E-state index contributed by atoms with van der Waals surface area (Å²) < 4.78 is -0.890. The molecule has 1 atom stereocenters. The molecule has 0 fully saturated rings. The molecule has 3 rings (SSSR count). The lowest BCUT2D eigenvalue weighted by Gasteiger charge is -2.36. The molecule has 0 bridgehead atoms. The van der Waals surface area contributed by atoms with Gasteiger partial charge in [-0.2, -0.15) is 0 Å². The molecule has 0 radical (unpaired) electrons. The smallest absolute Gasteiger partial charge is 0.322 e. The standard InChI is InChI=1S/C28H38N2O3S/c1-7-23(8-2)30(27(33)29-22-12-9-19(10-13-22)18(3)4)24-15-20-11-14-25(17-21(20)16-24)34-28(5,6)26(31)32/h9-14,17-18,23-24H,7-8,15-16H2,1-6H3,(H,29,33)(H,31,32). The Morgan fingerprint density at radius 1 is 1.06 bits per heavy atom. The van der Waals surface area contributed by atoms with E-state index in [4.69, 9.17) is 0 Å². The largest absolute Gasteiger partial charge is 0.480 e. The predicted octanol–water partition coefficient (Wildman–Crippen LogP) is 6.96. The molecule has 0 spiro atoms. The summed E-state index contributed by atoms with van der Waals surface area (Å²) >= 11 is 1.36. The lowest BCUT2D eigenvalue weighted by Crippen LogP contribution is -2.49. The van der Waals surface area contributed by atoms with Gasteiger partial charge in [-0.25, -0.2) is 4.79 Å². The number of hydrogen-bond acceptors (Lipinski definition) is 3. The highest BCUT2D eigenvalue weighted by Crippen LogP contribution is 2.37. The molecule has 0 heterocycles. The topological polar surface area (TPSA) is 69.6 Å². The maximum Gasteiger partial charge on any atom is 0.322 e. The number of urea groups is 1. The van der Waals surface area contributed by atoms with Crippen LogP contribution in [0.3, 0.4) is 0 Å². The van der Waals surface area contributed by atoms with E-state index in [-0.39, 0.29) is 18.1 Å². The van der Waals surface area contributed by atoms with Crippen molar-refractivity contribution in [3.63, 3.8) is 0 Å². The third-order valence-electron chi connectivity index (χ3n) is 6.77. The van der Waals surface area contributed by atoms with Crippen molar-refractivity contribution in [1.82, 2.24) is 4.90 Å². The summed E-state index contributed by atoms with van der Waals surface area (Å²) in [6.07, 6.45) is 3.40. The van der Waals surface area contributed by atoms with Gasteiger partial charge in [-0.05, 0) is 86.4 Å². The Morgan fingerprint density at radius 3 is 2.24 bits per heavy atom. The Hall–Kier alpha value is -2.47. The fraction of sp³-hybridized carbons (Fsp3) is 0.500. The normalized spacial score (nSPS) is 15.5. The third-order valence-corrected chi connectivity index (χ3v) is 7.94. The first-order valence-corrected chi connectivity index (χ1v) is 13.1. The monoisotopic (exact) mass is 482 g/mol. The quantitative estimate of drug-likeness (QED) is 0.379.